The third-order valence-corrected chi connectivity index (χ3v) is 4.23. The molecule has 0 amide bonds. The fourth-order valence-corrected chi connectivity index (χ4v) is 3.01. The largest absolute Gasteiger partial charge is 0.339 e. The predicted octanol–water partition coefficient (Wildman–Crippen LogP) is 2.02. The van der Waals surface area contributed by atoms with Gasteiger partial charge in [0.1, 0.15) is 0 Å². The third-order valence-electron chi connectivity index (χ3n) is 4.23. The molecule has 1 aliphatic heterocycles. The molecule has 2 aliphatic rings. The standard InChI is InChI=1S/C14H19N5O/c1-18-8-11(7-15-18)12-3-2-6-19(12)9-13-16-14(20-17-13)10-4-5-10/h7-8,10,12H,2-6,9H2,1H3. The fourth-order valence-electron chi connectivity index (χ4n) is 3.01. The highest BCUT2D eigenvalue weighted by Crippen LogP contribution is 2.39. The van der Waals surface area contributed by atoms with Crippen LogP contribution in [0.3, 0.4) is 0 Å². The molecule has 2 fully saturated rings. The Morgan fingerprint density at radius 1 is 1.35 bits per heavy atom. The van der Waals surface area contributed by atoms with Crippen molar-refractivity contribution in [2.24, 2.45) is 7.05 Å². The van der Waals surface area contributed by atoms with E-state index < -0.39 is 0 Å². The number of likely N-dealkylation sites (tertiary alicyclic amines) is 1. The number of hydrogen-bond donors (Lipinski definition) is 0. The third kappa shape index (κ3) is 2.24. The zero-order valence-corrected chi connectivity index (χ0v) is 11.7. The lowest BCUT2D eigenvalue weighted by atomic mass is 10.1. The highest BCUT2D eigenvalue weighted by molar-refractivity contribution is 5.12. The molecule has 106 valence electrons. The van der Waals surface area contributed by atoms with Crippen molar-refractivity contribution in [1.82, 2.24) is 24.8 Å². The molecule has 0 aromatic carbocycles. The van der Waals surface area contributed by atoms with Crippen LogP contribution in [0.4, 0.5) is 0 Å². The lowest BCUT2D eigenvalue weighted by Gasteiger charge is -2.21. The summed E-state index contributed by atoms with van der Waals surface area (Å²) in [6.45, 7) is 1.86. The highest BCUT2D eigenvalue weighted by atomic mass is 16.5. The van der Waals surface area contributed by atoms with E-state index in [1.807, 2.05) is 17.9 Å². The van der Waals surface area contributed by atoms with Crippen LogP contribution in [0.25, 0.3) is 0 Å². The Morgan fingerprint density at radius 2 is 2.25 bits per heavy atom. The van der Waals surface area contributed by atoms with Crippen LogP contribution in [0.2, 0.25) is 0 Å². The van der Waals surface area contributed by atoms with E-state index in [2.05, 4.69) is 26.3 Å². The van der Waals surface area contributed by atoms with Crippen molar-refractivity contribution in [2.45, 2.75) is 44.2 Å². The molecule has 2 aromatic heterocycles. The molecule has 0 spiro atoms. The maximum absolute atomic E-state index is 5.34. The summed E-state index contributed by atoms with van der Waals surface area (Å²) in [6.07, 6.45) is 8.86. The van der Waals surface area contributed by atoms with Gasteiger partial charge >= 0.3 is 0 Å². The van der Waals surface area contributed by atoms with Gasteiger partial charge in [-0.05, 0) is 32.2 Å². The van der Waals surface area contributed by atoms with Gasteiger partial charge in [-0.2, -0.15) is 10.1 Å². The van der Waals surface area contributed by atoms with Gasteiger partial charge in [-0.1, -0.05) is 5.16 Å². The lowest BCUT2D eigenvalue weighted by molar-refractivity contribution is 0.238. The first-order chi connectivity index (χ1) is 9.79. The van der Waals surface area contributed by atoms with E-state index in [1.165, 1.54) is 31.2 Å². The summed E-state index contributed by atoms with van der Waals surface area (Å²) in [5.74, 6) is 2.18. The molecule has 1 saturated carbocycles. The molecule has 20 heavy (non-hydrogen) atoms. The van der Waals surface area contributed by atoms with Gasteiger partial charge in [-0.25, -0.2) is 0 Å². The Morgan fingerprint density at radius 3 is 3.00 bits per heavy atom. The molecule has 6 nitrogen and oxygen atoms in total. The van der Waals surface area contributed by atoms with Crippen molar-refractivity contribution in [2.75, 3.05) is 6.54 Å². The maximum Gasteiger partial charge on any atom is 0.229 e. The fraction of sp³-hybridized carbons (Fsp3) is 0.643. The summed E-state index contributed by atoms with van der Waals surface area (Å²) in [5, 5.41) is 8.40. The second-order valence-electron chi connectivity index (χ2n) is 5.90. The van der Waals surface area contributed by atoms with E-state index in [-0.39, 0.29) is 0 Å². The van der Waals surface area contributed by atoms with Crippen LogP contribution < -0.4 is 0 Å². The summed E-state index contributed by atoms with van der Waals surface area (Å²) in [5.41, 5.74) is 1.29. The zero-order valence-electron chi connectivity index (χ0n) is 11.7. The van der Waals surface area contributed by atoms with Crippen LogP contribution in [-0.2, 0) is 13.6 Å². The Hall–Kier alpha value is -1.69. The lowest BCUT2D eigenvalue weighted by Crippen LogP contribution is -2.23. The maximum atomic E-state index is 5.34. The smallest absolute Gasteiger partial charge is 0.229 e. The summed E-state index contributed by atoms with van der Waals surface area (Å²) >= 11 is 0. The second kappa shape index (κ2) is 4.70. The Kier molecular flexibility index (Phi) is 2.84. The summed E-state index contributed by atoms with van der Waals surface area (Å²) < 4.78 is 7.21. The quantitative estimate of drug-likeness (QED) is 0.853. The van der Waals surface area contributed by atoms with Gasteiger partial charge in [-0.15, -0.1) is 0 Å². The summed E-state index contributed by atoms with van der Waals surface area (Å²) in [4.78, 5) is 6.96. The van der Waals surface area contributed by atoms with Gasteiger partial charge in [0, 0.05) is 30.8 Å². The molecule has 6 heteroatoms. The Balaban J connectivity index is 1.48. The Labute approximate surface area is 117 Å². The predicted molar refractivity (Wildman–Crippen MR) is 71.9 cm³/mol. The molecule has 0 bridgehead atoms. The first kappa shape index (κ1) is 12.1. The molecule has 0 N–H and O–H groups in total. The number of nitrogens with zero attached hydrogens (tertiary/aromatic N) is 5. The first-order valence-electron chi connectivity index (χ1n) is 7.34. The van der Waals surface area contributed by atoms with Crippen LogP contribution in [0, 0.1) is 0 Å². The van der Waals surface area contributed by atoms with Crippen molar-refractivity contribution in [1.29, 1.82) is 0 Å². The average molecular weight is 273 g/mol. The number of rotatable bonds is 4. The van der Waals surface area contributed by atoms with Crippen LogP contribution in [0.5, 0.6) is 0 Å². The van der Waals surface area contributed by atoms with Crippen molar-refractivity contribution < 1.29 is 4.52 Å². The average Bonchev–Trinajstić information content (AvgIpc) is 2.86. The molecule has 0 radical (unpaired) electrons. The number of aryl methyl sites for hydroxylation is 1. The van der Waals surface area contributed by atoms with E-state index in [9.17, 15) is 0 Å². The molecule has 4 rings (SSSR count). The number of hydrogen-bond acceptors (Lipinski definition) is 5. The monoisotopic (exact) mass is 273 g/mol. The van der Waals surface area contributed by atoms with E-state index in [4.69, 9.17) is 4.52 Å². The van der Waals surface area contributed by atoms with Gasteiger partial charge in [0.2, 0.25) is 5.89 Å². The summed E-state index contributed by atoms with van der Waals surface area (Å²) in [7, 11) is 1.96. The van der Waals surface area contributed by atoms with Gasteiger partial charge in [-0.3, -0.25) is 9.58 Å². The van der Waals surface area contributed by atoms with E-state index >= 15 is 0 Å². The first-order valence-corrected chi connectivity index (χ1v) is 7.34. The van der Waals surface area contributed by atoms with E-state index in [0.29, 0.717) is 12.0 Å². The molecule has 1 saturated heterocycles. The minimum Gasteiger partial charge on any atom is -0.339 e. The van der Waals surface area contributed by atoms with Crippen molar-refractivity contribution in [3.63, 3.8) is 0 Å². The van der Waals surface area contributed by atoms with E-state index in [1.54, 1.807) is 0 Å². The number of aromatic nitrogens is 4. The molecular weight excluding hydrogens is 254 g/mol. The topological polar surface area (TPSA) is 60.0 Å². The van der Waals surface area contributed by atoms with Gasteiger partial charge in [0.25, 0.3) is 0 Å². The molecular formula is C14H19N5O. The minimum absolute atomic E-state index is 0.437. The molecule has 1 atom stereocenters. The summed E-state index contributed by atoms with van der Waals surface area (Å²) in [6, 6.07) is 0.437. The van der Waals surface area contributed by atoms with Crippen LogP contribution in [-0.4, -0.2) is 31.4 Å². The van der Waals surface area contributed by atoms with Crippen LogP contribution in [0.1, 0.15) is 54.9 Å². The normalized spacial score (nSPS) is 23.6. The van der Waals surface area contributed by atoms with Crippen molar-refractivity contribution in [3.8, 4) is 0 Å². The van der Waals surface area contributed by atoms with Crippen LogP contribution >= 0.6 is 0 Å². The second-order valence-corrected chi connectivity index (χ2v) is 5.90. The van der Waals surface area contributed by atoms with Crippen LogP contribution in [0.15, 0.2) is 16.9 Å². The molecule has 2 aromatic rings. The minimum atomic E-state index is 0.437. The Bertz CT molecular complexity index is 600. The van der Waals surface area contributed by atoms with Gasteiger partial charge in [0.05, 0.1) is 12.7 Å². The van der Waals surface area contributed by atoms with Gasteiger partial charge in [0.15, 0.2) is 5.82 Å². The van der Waals surface area contributed by atoms with Gasteiger partial charge < -0.3 is 4.52 Å². The van der Waals surface area contributed by atoms with Crippen molar-refractivity contribution >= 4 is 0 Å². The van der Waals surface area contributed by atoms with Crippen molar-refractivity contribution in [3.05, 3.63) is 29.7 Å². The zero-order chi connectivity index (χ0) is 13.5. The SMILES string of the molecule is Cn1cc(C2CCCN2Cc2noc(C3CC3)n2)cn1. The molecule has 1 aliphatic carbocycles. The molecule has 3 heterocycles. The molecule has 1 unspecified atom stereocenters. The highest BCUT2D eigenvalue weighted by Gasteiger charge is 2.31. The van der Waals surface area contributed by atoms with E-state index in [0.717, 1.165) is 24.8 Å².